The number of hydrogen-bond donors (Lipinski definition) is 2. The zero-order valence-corrected chi connectivity index (χ0v) is 18.1. The second-order valence-corrected chi connectivity index (χ2v) is 6.38. The fourth-order valence-electron chi connectivity index (χ4n) is 3.03. The Hall–Kier alpha value is -0.870. The third kappa shape index (κ3) is 7.49. The highest BCUT2D eigenvalue weighted by molar-refractivity contribution is 14.0. The first-order chi connectivity index (χ1) is 11.6. The van der Waals surface area contributed by atoms with Crippen molar-refractivity contribution >= 4 is 29.9 Å². The van der Waals surface area contributed by atoms with Gasteiger partial charge in [0, 0.05) is 38.9 Å². The molecule has 0 spiro atoms. The quantitative estimate of drug-likeness (QED) is 0.262. The van der Waals surface area contributed by atoms with E-state index in [9.17, 15) is 0 Å². The Kier molecular flexibility index (Phi) is 10.4. The Morgan fingerprint density at radius 3 is 2.64 bits per heavy atom. The minimum atomic E-state index is 0. The van der Waals surface area contributed by atoms with Crippen molar-refractivity contribution in [2.45, 2.75) is 33.1 Å². The smallest absolute Gasteiger partial charge is 0.188 e. The van der Waals surface area contributed by atoms with Crippen LogP contribution in [0, 0.1) is 13.8 Å². The highest BCUT2D eigenvalue weighted by Gasteiger charge is 2.09. The van der Waals surface area contributed by atoms with E-state index in [2.05, 4.69) is 34.2 Å². The molecule has 2 heterocycles. The number of ether oxygens (including phenoxy) is 1. The fourth-order valence-corrected chi connectivity index (χ4v) is 3.03. The molecular weight excluding hydrogens is 431 g/mol. The van der Waals surface area contributed by atoms with Crippen molar-refractivity contribution in [2.24, 2.45) is 17.8 Å². The SMILES string of the molecule is Cc1nn(C)c(C)c1CCCN=C(N)NCCCN1CCOCC1.I. The van der Waals surface area contributed by atoms with Crippen LogP contribution in [0.2, 0.25) is 0 Å². The van der Waals surface area contributed by atoms with Crippen molar-refractivity contribution in [1.29, 1.82) is 0 Å². The van der Waals surface area contributed by atoms with Crippen LogP contribution in [0.15, 0.2) is 4.99 Å². The number of aromatic nitrogens is 2. The van der Waals surface area contributed by atoms with Crippen LogP contribution in [-0.2, 0) is 18.2 Å². The van der Waals surface area contributed by atoms with E-state index in [0.717, 1.165) is 70.9 Å². The minimum absolute atomic E-state index is 0. The van der Waals surface area contributed by atoms with Crippen molar-refractivity contribution in [3.63, 3.8) is 0 Å². The van der Waals surface area contributed by atoms with E-state index >= 15 is 0 Å². The summed E-state index contributed by atoms with van der Waals surface area (Å²) in [4.78, 5) is 6.84. The maximum Gasteiger partial charge on any atom is 0.188 e. The van der Waals surface area contributed by atoms with Gasteiger partial charge < -0.3 is 15.8 Å². The second kappa shape index (κ2) is 11.7. The molecule has 1 fully saturated rings. The number of nitrogens with two attached hydrogens (primary N) is 1. The third-order valence-electron chi connectivity index (χ3n) is 4.59. The number of aliphatic imine (C=N–C) groups is 1. The zero-order valence-electron chi connectivity index (χ0n) is 15.8. The largest absolute Gasteiger partial charge is 0.379 e. The lowest BCUT2D eigenvalue weighted by atomic mass is 10.1. The number of rotatable bonds is 8. The molecule has 1 aromatic heterocycles. The van der Waals surface area contributed by atoms with Crippen LogP contribution in [0.3, 0.4) is 0 Å². The highest BCUT2D eigenvalue weighted by Crippen LogP contribution is 2.13. The predicted molar refractivity (Wildman–Crippen MR) is 113 cm³/mol. The van der Waals surface area contributed by atoms with Crippen molar-refractivity contribution in [1.82, 2.24) is 20.0 Å². The number of morpholine rings is 1. The molecule has 1 aliphatic heterocycles. The molecule has 1 aliphatic rings. The van der Waals surface area contributed by atoms with Crippen LogP contribution in [0.25, 0.3) is 0 Å². The molecule has 0 unspecified atom stereocenters. The first kappa shape index (κ1) is 22.2. The van der Waals surface area contributed by atoms with E-state index in [0.29, 0.717) is 5.96 Å². The molecule has 0 amide bonds. The van der Waals surface area contributed by atoms with Gasteiger partial charge in [0.05, 0.1) is 18.9 Å². The molecule has 0 aliphatic carbocycles. The molecule has 0 saturated carbocycles. The Morgan fingerprint density at radius 1 is 1.28 bits per heavy atom. The summed E-state index contributed by atoms with van der Waals surface area (Å²) in [6.45, 7) is 10.7. The summed E-state index contributed by atoms with van der Waals surface area (Å²) in [5.74, 6) is 0.552. The Balaban J connectivity index is 0.00000312. The number of nitrogens with one attached hydrogen (secondary N) is 1. The fraction of sp³-hybridized carbons (Fsp3) is 0.765. The van der Waals surface area contributed by atoms with Gasteiger partial charge in [-0.1, -0.05) is 0 Å². The lowest BCUT2D eigenvalue weighted by Crippen LogP contribution is -2.39. The van der Waals surface area contributed by atoms with Gasteiger partial charge in [-0.3, -0.25) is 14.6 Å². The van der Waals surface area contributed by atoms with Gasteiger partial charge in [-0.15, -0.1) is 24.0 Å². The molecule has 2 rings (SSSR count). The van der Waals surface area contributed by atoms with Crippen molar-refractivity contribution in [2.75, 3.05) is 45.9 Å². The van der Waals surface area contributed by atoms with Crippen LogP contribution in [0.1, 0.15) is 29.8 Å². The summed E-state index contributed by atoms with van der Waals surface area (Å²) in [7, 11) is 1.99. The second-order valence-electron chi connectivity index (χ2n) is 6.38. The Morgan fingerprint density at radius 2 is 2.00 bits per heavy atom. The van der Waals surface area contributed by atoms with Gasteiger partial charge in [-0.05, 0) is 45.2 Å². The molecule has 1 saturated heterocycles. The molecule has 8 heteroatoms. The molecule has 0 bridgehead atoms. The van der Waals surface area contributed by atoms with E-state index in [1.165, 1.54) is 11.3 Å². The molecule has 144 valence electrons. The van der Waals surface area contributed by atoms with E-state index in [4.69, 9.17) is 10.5 Å². The maximum absolute atomic E-state index is 5.93. The molecule has 0 radical (unpaired) electrons. The summed E-state index contributed by atoms with van der Waals surface area (Å²) in [5.41, 5.74) is 9.62. The number of nitrogens with zero attached hydrogens (tertiary/aromatic N) is 4. The summed E-state index contributed by atoms with van der Waals surface area (Å²) in [6, 6.07) is 0. The standard InChI is InChI=1S/C17H32N6O.HI/c1-14-16(15(2)22(3)21-14)6-4-7-19-17(18)20-8-5-9-23-10-12-24-13-11-23;/h4-13H2,1-3H3,(H3,18,19,20);1H. The minimum Gasteiger partial charge on any atom is -0.379 e. The van der Waals surface area contributed by atoms with E-state index < -0.39 is 0 Å². The lowest BCUT2D eigenvalue weighted by Gasteiger charge is -2.26. The van der Waals surface area contributed by atoms with Gasteiger partial charge in [-0.25, -0.2) is 0 Å². The molecule has 3 N–H and O–H groups in total. The first-order valence-electron chi connectivity index (χ1n) is 8.91. The molecule has 1 aromatic rings. The van der Waals surface area contributed by atoms with Crippen LogP contribution in [0.5, 0.6) is 0 Å². The average Bonchev–Trinajstić information content (AvgIpc) is 2.82. The molecule has 0 aromatic carbocycles. The van der Waals surface area contributed by atoms with Gasteiger partial charge in [-0.2, -0.15) is 5.10 Å². The zero-order chi connectivity index (χ0) is 17.4. The van der Waals surface area contributed by atoms with Crippen LogP contribution in [-0.4, -0.2) is 66.6 Å². The van der Waals surface area contributed by atoms with Crippen LogP contribution >= 0.6 is 24.0 Å². The average molecular weight is 464 g/mol. The molecule has 7 nitrogen and oxygen atoms in total. The summed E-state index contributed by atoms with van der Waals surface area (Å²) in [6.07, 6.45) is 3.06. The number of guanidine groups is 1. The summed E-state index contributed by atoms with van der Waals surface area (Å²) < 4.78 is 7.29. The van der Waals surface area contributed by atoms with Crippen LogP contribution in [0.4, 0.5) is 0 Å². The monoisotopic (exact) mass is 464 g/mol. The van der Waals surface area contributed by atoms with E-state index in [1.807, 2.05) is 11.7 Å². The summed E-state index contributed by atoms with van der Waals surface area (Å²) in [5, 5.41) is 7.65. The Bertz CT molecular complexity index is 539. The lowest BCUT2D eigenvalue weighted by molar-refractivity contribution is 0.0376. The first-order valence-corrected chi connectivity index (χ1v) is 8.91. The van der Waals surface area contributed by atoms with Gasteiger partial charge in [0.2, 0.25) is 0 Å². The maximum atomic E-state index is 5.93. The molecule has 25 heavy (non-hydrogen) atoms. The van der Waals surface area contributed by atoms with Crippen molar-refractivity contribution in [3.8, 4) is 0 Å². The predicted octanol–water partition coefficient (Wildman–Crippen LogP) is 1.21. The summed E-state index contributed by atoms with van der Waals surface area (Å²) >= 11 is 0. The molecular formula is C17H33IN6O. The highest BCUT2D eigenvalue weighted by atomic mass is 127. The topological polar surface area (TPSA) is 80.7 Å². The van der Waals surface area contributed by atoms with Crippen LogP contribution < -0.4 is 11.1 Å². The Labute approximate surface area is 168 Å². The van der Waals surface area contributed by atoms with Gasteiger partial charge >= 0.3 is 0 Å². The third-order valence-corrected chi connectivity index (χ3v) is 4.59. The number of aryl methyl sites for hydroxylation is 2. The number of halogens is 1. The van der Waals surface area contributed by atoms with Gasteiger partial charge in [0.25, 0.3) is 0 Å². The molecule has 0 atom stereocenters. The van der Waals surface area contributed by atoms with Gasteiger partial charge in [0.1, 0.15) is 0 Å². The van der Waals surface area contributed by atoms with E-state index in [1.54, 1.807) is 0 Å². The van der Waals surface area contributed by atoms with Crippen molar-refractivity contribution < 1.29 is 4.74 Å². The normalized spacial score (nSPS) is 15.9. The number of hydrogen-bond acceptors (Lipinski definition) is 4. The van der Waals surface area contributed by atoms with Gasteiger partial charge in [0.15, 0.2) is 5.96 Å². The van der Waals surface area contributed by atoms with Crippen molar-refractivity contribution in [3.05, 3.63) is 17.0 Å². The van der Waals surface area contributed by atoms with E-state index in [-0.39, 0.29) is 24.0 Å².